The Morgan fingerprint density at radius 3 is 2.33 bits per heavy atom. The molecule has 0 bridgehead atoms. The molecule has 1 unspecified atom stereocenters. The lowest BCUT2D eigenvalue weighted by atomic mass is 10.0. The van der Waals surface area contributed by atoms with E-state index >= 15 is 0 Å². The van der Waals surface area contributed by atoms with E-state index in [0.29, 0.717) is 6.42 Å². The van der Waals surface area contributed by atoms with Gasteiger partial charge in [-0.2, -0.15) is 12.6 Å². The summed E-state index contributed by atoms with van der Waals surface area (Å²) < 4.78 is 3.97. The van der Waals surface area contributed by atoms with Crippen LogP contribution in [0.15, 0.2) is 0 Å². The Kier molecular flexibility index (Phi) is 5.72. The van der Waals surface area contributed by atoms with Crippen molar-refractivity contribution in [2.24, 2.45) is 0 Å². The van der Waals surface area contributed by atoms with Crippen molar-refractivity contribution < 1.29 is 14.3 Å². The topological polar surface area (TPSA) is 55.4 Å². The number of methoxy groups -OCH3 is 1. The van der Waals surface area contributed by atoms with E-state index in [1.54, 1.807) is 13.8 Å². The smallest absolute Gasteiger partial charge is 0.329 e. The van der Waals surface area contributed by atoms with Crippen molar-refractivity contribution in [3.05, 3.63) is 0 Å². The molecule has 0 rings (SSSR count). The second-order valence-electron chi connectivity index (χ2n) is 3.93. The van der Waals surface area contributed by atoms with Gasteiger partial charge in [0.15, 0.2) is 0 Å². The van der Waals surface area contributed by atoms with E-state index in [2.05, 4.69) is 22.7 Å². The number of thiol groups is 1. The number of carbonyl (C=O) groups excluding carboxylic acids is 2. The van der Waals surface area contributed by atoms with E-state index in [4.69, 9.17) is 0 Å². The first-order valence-electron chi connectivity index (χ1n) is 4.92. The van der Waals surface area contributed by atoms with Gasteiger partial charge in [-0.15, -0.1) is 0 Å². The predicted octanol–water partition coefficient (Wildman–Crippen LogP) is 1.15. The van der Waals surface area contributed by atoms with Crippen LogP contribution in [0.3, 0.4) is 0 Å². The minimum absolute atomic E-state index is 0.157. The van der Waals surface area contributed by atoms with E-state index in [0.717, 1.165) is 6.42 Å². The molecular weight excluding hydrogens is 214 g/mol. The van der Waals surface area contributed by atoms with E-state index in [-0.39, 0.29) is 5.91 Å². The standard InChI is InChI=1S/C10H19NO3S/c1-5-6-7(12)11-8(9(13)14-4)10(2,3)15/h8,15H,5-6H2,1-4H3,(H,11,12). The lowest BCUT2D eigenvalue weighted by Crippen LogP contribution is -2.51. The zero-order chi connectivity index (χ0) is 12.1. The molecule has 88 valence electrons. The van der Waals surface area contributed by atoms with Crippen molar-refractivity contribution >= 4 is 24.5 Å². The number of rotatable bonds is 5. The fourth-order valence-corrected chi connectivity index (χ4v) is 1.27. The van der Waals surface area contributed by atoms with Gasteiger partial charge in [0.1, 0.15) is 6.04 Å². The third-order valence-corrected chi connectivity index (χ3v) is 2.18. The van der Waals surface area contributed by atoms with Crippen LogP contribution in [-0.4, -0.2) is 29.8 Å². The fraction of sp³-hybridized carbons (Fsp3) is 0.800. The van der Waals surface area contributed by atoms with Crippen LogP contribution in [0.5, 0.6) is 0 Å². The average molecular weight is 233 g/mol. The molecule has 0 aromatic rings. The van der Waals surface area contributed by atoms with Gasteiger partial charge in [-0.05, 0) is 20.3 Å². The average Bonchev–Trinajstić information content (AvgIpc) is 2.12. The van der Waals surface area contributed by atoms with Crippen molar-refractivity contribution in [2.45, 2.75) is 44.4 Å². The minimum atomic E-state index is -0.718. The summed E-state index contributed by atoms with van der Waals surface area (Å²) in [6, 6.07) is -0.718. The molecule has 0 aromatic carbocycles. The maximum Gasteiger partial charge on any atom is 0.329 e. The molecule has 0 aliphatic heterocycles. The number of carbonyl (C=O) groups is 2. The summed E-state index contributed by atoms with van der Waals surface area (Å²) >= 11 is 4.27. The summed E-state index contributed by atoms with van der Waals surface area (Å²) in [5.74, 6) is -0.630. The molecule has 0 saturated heterocycles. The Balaban J connectivity index is 4.53. The van der Waals surface area contributed by atoms with Gasteiger partial charge in [-0.3, -0.25) is 4.79 Å². The Bertz CT molecular complexity index is 235. The molecule has 1 N–H and O–H groups in total. The first kappa shape index (κ1) is 14.3. The van der Waals surface area contributed by atoms with E-state index in [1.807, 2.05) is 6.92 Å². The largest absolute Gasteiger partial charge is 0.467 e. The van der Waals surface area contributed by atoms with Crippen LogP contribution in [0.1, 0.15) is 33.6 Å². The van der Waals surface area contributed by atoms with Crippen molar-refractivity contribution in [3.63, 3.8) is 0 Å². The third-order valence-electron chi connectivity index (χ3n) is 1.93. The molecule has 0 saturated carbocycles. The molecule has 0 aromatic heterocycles. The lowest BCUT2D eigenvalue weighted by molar-refractivity contribution is -0.145. The third kappa shape index (κ3) is 5.06. The highest BCUT2D eigenvalue weighted by Gasteiger charge is 2.34. The van der Waals surface area contributed by atoms with Crippen LogP contribution >= 0.6 is 12.6 Å². The van der Waals surface area contributed by atoms with Crippen LogP contribution in [-0.2, 0) is 14.3 Å². The predicted molar refractivity (Wildman–Crippen MR) is 61.9 cm³/mol. The first-order chi connectivity index (χ1) is 6.82. The zero-order valence-corrected chi connectivity index (χ0v) is 10.6. The fourth-order valence-electron chi connectivity index (χ4n) is 1.10. The number of hydrogen-bond acceptors (Lipinski definition) is 4. The van der Waals surface area contributed by atoms with Crippen LogP contribution in [0, 0.1) is 0 Å². The first-order valence-corrected chi connectivity index (χ1v) is 5.37. The van der Waals surface area contributed by atoms with Gasteiger partial charge in [-0.25, -0.2) is 4.79 Å². The number of amides is 1. The summed E-state index contributed by atoms with van der Waals surface area (Å²) in [4.78, 5) is 22.8. The van der Waals surface area contributed by atoms with Gasteiger partial charge in [0, 0.05) is 11.2 Å². The van der Waals surface area contributed by atoms with Crippen LogP contribution in [0.4, 0.5) is 0 Å². The SMILES string of the molecule is CCCC(=O)NC(C(=O)OC)C(C)(C)S. The van der Waals surface area contributed by atoms with Crippen LogP contribution in [0.2, 0.25) is 0 Å². The second kappa shape index (κ2) is 6.00. The minimum Gasteiger partial charge on any atom is -0.467 e. The molecule has 0 fully saturated rings. The number of esters is 1. The molecule has 4 nitrogen and oxygen atoms in total. The second-order valence-corrected chi connectivity index (χ2v) is 5.08. The highest BCUT2D eigenvalue weighted by atomic mass is 32.1. The molecular formula is C10H19NO3S. The number of nitrogens with one attached hydrogen (secondary N) is 1. The molecule has 0 spiro atoms. The zero-order valence-electron chi connectivity index (χ0n) is 9.66. The number of hydrogen-bond donors (Lipinski definition) is 2. The van der Waals surface area contributed by atoms with Crippen molar-refractivity contribution in [3.8, 4) is 0 Å². The summed E-state index contributed by atoms with van der Waals surface area (Å²) in [6.45, 7) is 5.41. The van der Waals surface area contributed by atoms with Gasteiger partial charge >= 0.3 is 5.97 Å². The molecule has 1 amide bonds. The molecule has 5 heteroatoms. The maximum atomic E-state index is 11.4. The van der Waals surface area contributed by atoms with Crippen molar-refractivity contribution in [2.75, 3.05) is 7.11 Å². The molecule has 0 radical (unpaired) electrons. The highest BCUT2D eigenvalue weighted by molar-refractivity contribution is 7.81. The summed E-state index contributed by atoms with van der Waals surface area (Å²) in [7, 11) is 1.29. The normalized spacial score (nSPS) is 13.1. The molecule has 0 aliphatic rings. The quantitative estimate of drug-likeness (QED) is 0.553. The van der Waals surface area contributed by atoms with Gasteiger partial charge in [0.05, 0.1) is 7.11 Å². The van der Waals surface area contributed by atoms with Gasteiger partial charge < -0.3 is 10.1 Å². The van der Waals surface area contributed by atoms with Crippen LogP contribution < -0.4 is 5.32 Å². The van der Waals surface area contributed by atoms with Gasteiger partial charge in [-0.1, -0.05) is 6.92 Å². The maximum absolute atomic E-state index is 11.4. The highest BCUT2D eigenvalue weighted by Crippen LogP contribution is 2.18. The summed E-state index contributed by atoms with van der Waals surface area (Å²) in [5, 5.41) is 2.62. The van der Waals surface area contributed by atoms with E-state index in [9.17, 15) is 9.59 Å². The Hall–Kier alpha value is -0.710. The Morgan fingerprint density at radius 2 is 2.00 bits per heavy atom. The molecule has 15 heavy (non-hydrogen) atoms. The van der Waals surface area contributed by atoms with E-state index in [1.165, 1.54) is 7.11 Å². The van der Waals surface area contributed by atoms with Crippen molar-refractivity contribution in [1.29, 1.82) is 0 Å². The Morgan fingerprint density at radius 1 is 1.47 bits per heavy atom. The summed E-state index contributed by atoms with van der Waals surface area (Å²) in [5.41, 5.74) is 0. The molecule has 1 atom stereocenters. The number of ether oxygens (including phenoxy) is 1. The van der Waals surface area contributed by atoms with E-state index < -0.39 is 16.8 Å². The van der Waals surface area contributed by atoms with Gasteiger partial charge in [0.25, 0.3) is 0 Å². The van der Waals surface area contributed by atoms with Crippen LogP contribution in [0.25, 0.3) is 0 Å². The molecule has 0 heterocycles. The summed E-state index contributed by atoms with van der Waals surface area (Å²) in [6.07, 6.45) is 1.14. The van der Waals surface area contributed by atoms with Gasteiger partial charge in [0.2, 0.25) is 5.91 Å². The Labute approximate surface area is 96.2 Å². The lowest BCUT2D eigenvalue weighted by Gasteiger charge is -2.28. The molecule has 0 aliphatic carbocycles. The van der Waals surface area contributed by atoms with Crippen molar-refractivity contribution in [1.82, 2.24) is 5.32 Å². The monoisotopic (exact) mass is 233 g/mol.